The number of amides is 4. The number of likely N-dealkylation sites (tertiary alicyclic amines) is 1. The van der Waals surface area contributed by atoms with E-state index in [2.05, 4.69) is 16.9 Å². The van der Waals surface area contributed by atoms with Gasteiger partial charge in [0.2, 0.25) is 11.8 Å². The molecule has 222 valence electrons. The second kappa shape index (κ2) is 12.0. The van der Waals surface area contributed by atoms with Crippen LogP contribution in [-0.2, 0) is 16.1 Å². The monoisotopic (exact) mass is 613 g/mol. The van der Waals surface area contributed by atoms with Gasteiger partial charge < -0.3 is 25.0 Å². The topological polar surface area (TPSA) is 88.8 Å². The third-order valence-corrected chi connectivity index (χ3v) is 8.70. The minimum Gasteiger partial charge on any atom is -0.361 e. The number of aromatic nitrogens is 1. The molecule has 11 heteroatoms. The predicted molar refractivity (Wildman–Crippen MR) is 162 cm³/mol. The molecule has 0 saturated carbocycles. The third kappa shape index (κ3) is 5.60. The van der Waals surface area contributed by atoms with Crippen LogP contribution in [0.15, 0.2) is 54.7 Å². The van der Waals surface area contributed by atoms with E-state index in [1.165, 1.54) is 12.1 Å². The predicted octanol–water partition coefficient (Wildman–Crippen LogP) is 5.91. The summed E-state index contributed by atoms with van der Waals surface area (Å²) < 4.78 is 14.4. The lowest BCUT2D eigenvalue weighted by Crippen LogP contribution is -2.56. The Morgan fingerprint density at radius 1 is 1.12 bits per heavy atom. The quantitative estimate of drug-likeness (QED) is 0.324. The van der Waals surface area contributed by atoms with Gasteiger partial charge in [0.25, 0.3) is 0 Å². The summed E-state index contributed by atoms with van der Waals surface area (Å²) in [5, 5.41) is 4.20. The number of hydrogen-bond donors (Lipinski definition) is 2. The number of benzene rings is 2. The summed E-state index contributed by atoms with van der Waals surface area (Å²) in [5.41, 5.74) is 1.71. The van der Waals surface area contributed by atoms with Crippen LogP contribution in [0, 0.1) is 11.2 Å². The third-order valence-electron chi connectivity index (χ3n) is 8.15. The molecule has 8 nitrogen and oxygen atoms in total. The van der Waals surface area contributed by atoms with Crippen molar-refractivity contribution < 1.29 is 18.8 Å². The Kier molecular flexibility index (Phi) is 8.53. The highest BCUT2D eigenvalue weighted by Crippen LogP contribution is 2.54. The van der Waals surface area contributed by atoms with Gasteiger partial charge in [0.05, 0.1) is 16.5 Å². The van der Waals surface area contributed by atoms with Gasteiger partial charge in [-0.1, -0.05) is 40.9 Å². The van der Waals surface area contributed by atoms with Crippen molar-refractivity contribution in [1.82, 2.24) is 25.0 Å². The molecule has 2 saturated heterocycles. The molecule has 2 fully saturated rings. The lowest BCUT2D eigenvalue weighted by molar-refractivity contribution is -0.145. The minimum atomic E-state index is -1.17. The highest BCUT2D eigenvalue weighted by Gasteiger charge is 2.58. The van der Waals surface area contributed by atoms with Gasteiger partial charge in [-0.25, -0.2) is 9.18 Å². The summed E-state index contributed by atoms with van der Waals surface area (Å²) in [6, 6.07) is 9.11. The van der Waals surface area contributed by atoms with Crippen LogP contribution in [0.3, 0.4) is 0 Å². The summed E-state index contributed by atoms with van der Waals surface area (Å²) >= 11 is 12.2. The Morgan fingerprint density at radius 3 is 2.50 bits per heavy atom. The van der Waals surface area contributed by atoms with E-state index in [0.717, 1.165) is 22.0 Å². The van der Waals surface area contributed by atoms with E-state index in [-0.39, 0.29) is 42.3 Å². The van der Waals surface area contributed by atoms with E-state index in [9.17, 15) is 18.8 Å². The van der Waals surface area contributed by atoms with Crippen molar-refractivity contribution in [2.75, 3.05) is 32.7 Å². The first kappa shape index (κ1) is 29.9. The summed E-state index contributed by atoms with van der Waals surface area (Å²) in [6.07, 6.45) is 2.08. The molecule has 0 bridgehead atoms. The van der Waals surface area contributed by atoms with Crippen molar-refractivity contribution in [3.8, 4) is 0 Å². The van der Waals surface area contributed by atoms with E-state index in [0.29, 0.717) is 43.3 Å². The number of H-pyrrole nitrogens is 1. The maximum absolute atomic E-state index is 14.7. The standard InChI is InChI=1S/C31H34Cl2FN5O3/c1-4-35-30(42)38-11-9-37(10-12-38)29(41)31(15-19(2)3)16-27(40)39(18-20-5-8-24(33)25(34)13-20)28(31)23-17-36-26-14-21(32)6-7-22(23)26/h5-8,13-14,17,28,36H,2,4,9-12,15-16,18H2,1,3H3,(H,35,42)/t28-,31+/m0/s1. The molecule has 2 N–H and O–H groups in total. The molecule has 2 aliphatic rings. The van der Waals surface area contributed by atoms with Gasteiger partial charge >= 0.3 is 6.03 Å². The van der Waals surface area contributed by atoms with Gasteiger partial charge in [-0.2, -0.15) is 0 Å². The summed E-state index contributed by atoms with van der Waals surface area (Å²) in [6.45, 7) is 9.94. The zero-order valence-corrected chi connectivity index (χ0v) is 25.2. The number of piperazine rings is 1. The van der Waals surface area contributed by atoms with Crippen molar-refractivity contribution >= 4 is 52.0 Å². The van der Waals surface area contributed by atoms with Crippen LogP contribution in [0.5, 0.6) is 0 Å². The lowest BCUT2D eigenvalue weighted by Gasteiger charge is -2.43. The number of carbonyl (C=O) groups is 3. The number of fused-ring (bicyclic) bond motifs is 1. The average Bonchev–Trinajstić information content (AvgIpc) is 3.47. The summed E-state index contributed by atoms with van der Waals surface area (Å²) in [4.78, 5) is 49.4. The van der Waals surface area contributed by atoms with E-state index in [1.807, 2.05) is 26.1 Å². The number of halogens is 3. The number of allylic oxidation sites excluding steroid dienone is 1. The molecule has 0 unspecified atom stereocenters. The highest BCUT2D eigenvalue weighted by atomic mass is 35.5. The zero-order chi connectivity index (χ0) is 30.2. The fourth-order valence-electron chi connectivity index (χ4n) is 6.39. The summed E-state index contributed by atoms with van der Waals surface area (Å²) in [5.74, 6) is -0.949. The molecule has 5 rings (SSSR count). The number of carbonyl (C=O) groups excluding carboxylic acids is 3. The van der Waals surface area contributed by atoms with Gasteiger partial charge in [-0.05, 0) is 50.1 Å². The fraction of sp³-hybridized carbons (Fsp3) is 0.387. The Labute approximate surface area is 254 Å². The Hall–Kier alpha value is -3.56. The second-order valence-corrected chi connectivity index (χ2v) is 12.0. The van der Waals surface area contributed by atoms with E-state index >= 15 is 0 Å². The largest absolute Gasteiger partial charge is 0.361 e. The Morgan fingerprint density at radius 2 is 1.83 bits per heavy atom. The Bertz CT molecular complexity index is 1550. The van der Waals surface area contributed by atoms with Crippen LogP contribution in [0.4, 0.5) is 9.18 Å². The van der Waals surface area contributed by atoms with Crippen LogP contribution < -0.4 is 5.32 Å². The van der Waals surface area contributed by atoms with E-state index in [4.69, 9.17) is 23.2 Å². The maximum Gasteiger partial charge on any atom is 0.317 e. The molecule has 3 aromatic rings. The number of hydrogen-bond acceptors (Lipinski definition) is 3. The number of urea groups is 1. The Balaban J connectivity index is 1.58. The molecule has 2 aliphatic heterocycles. The molecule has 1 aromatic heterocycles. The number of nitrogens with zero attached hydrogens (tertiary/aromatic N) is 3. The number of nitrogens with one attached hydrogen (secondary N) is 2. The van der Waals surface area contributed by atoms with E-state index < -0.39 is 17.3 Å². The highest BCUT2D eigenvalue weighted by molar-refractivity contribution is 6.31. The second-order valence-electron chi connectivity index (χ2n) is 11.2. The normalized spacial score (nSPS) is 20.8. The van der Waals surface area contributed by atoms with Gasteiger partial charge in [0.1, 0.15) is 5.82 Å². The van der Waals surface area contributed by atoms with Gasteiger partial charge in [-0.15, -0.1) is 6.58 Å². The van der Waals surface area contributed by atoms with Crippen molar-refractivity contribution in [2.45, 2.75) is 39.3 Å². The van der Waals surface area contributed by atoms with Gasteiger partial charge in [0, 0.05) is 73.4 Å². The molecule has 4 amide bonds. The van der Waals surface area contributed by atoms with E-state index in [1.54, 1.807) is 32.9 Å². The van der Waals surface area contributed by atoms with Crippen LogP contribution in [0.2, 0.25) is 10.0 Å². The van der Waals surface area contributed by atoms with Crippen molar-refractivity contribution in [2.24, 2.45) is 5.41 Å². The zero-order valence-electron chi connectivity index (χ0n) is 23.7. The van der Waals surface area contributed by atoms with Crippen LogP contribution >= 0.6 is 23.2 Å². The molecule has 2 atom stereocenters. The molecular weight excluding hydrogens is 580 g/mol. The molecule has 3 heterocycles. The fourth-order valence-corrected chi connectivity index (χ4v) is 6.68. The van der Waals surface area contributed by atoms with Crippen molar-refractivity contribution in [1.29, 1.82) is 0 Å². The molecule has 0 radical (unpaired) electrons. The first-order valence-corrected chi connectivity index (χ1v) is 14.8. The maximum atomic E-state index is 14.7. The van der Waals surface area contributed by atoms with Crippen LogP contribution in [0.1, 0.15) is 43.9 Å². The first-order valence-electron chi connectivity index (χ1n) is 14.0. The average molecular weight is 615 g/mol. The number of rotatable bonds is 7. The first-order chi connectivity index (χ1) is 20.0. The van der Waals surface area contributed by atoms with Crippen molar-refractivity contribution in [3.05, 3.63) is 81.7 Å². The van der Waals surface area contributed by atoms with Crippen molar-refractivity contribution in [3.63, 3.8) is 0 Å². The lowest BCUT2D eigenvalue weighted by atomic mass is 9.71. The SMILES string of the molecule is C=C(C)C[C@@]1(C(=O)N2CCN(C(=O)NCC)CC2)CC(=O)N(Cc2ccc(Cl)c(F)c2)[C@H]1c1c[nH]c2cc(Cl)ccc12. The molecule has 2 aromatic carbocycles. The smallest absolute Gasteiger partial charge is 0.317 e. The van der Waals surface area contributed by atoms with Crippen LogP contribution in [0.25, 0.3) is 10.9 Å². The van der Waals surface area contributed by atoms with Gasteiger partial charge in [0.15, 0.2) is 0 Å². The minimum absolute atomic E-state index is 0.00452. The summed E-state index contributed by atoms with van der Waals surface area (Å²) in [7, 11) is 0. The number of aromatic amines is 1. The van der Waals surface area contributed by atoms with Gasteiger partial charge in [-0.3, -0.25) is 9.59 Å². The molecule has 0 aliphatic carbocycles. The molecular formula is C31H34Cl2FN5O3. The van der Waals surface area contributed by atoms with Crippen LogP contribution in [-0.4, -0.2) is 70.3 Å². The molecule has 0 spiro atoms. The molecule has 42 heavy (non-hydrogen) atoms.